The Morgan fingerprint density at radius 1 is 1.29 bits per heavy atom. The zero-order valence-electron chi connectivity index (χ0n) is 11.4. The number of hydrogen-bond acceptors (Lipinski definition) is 4. The monoisotopic (exact) mass is 321 g/mol. The summed E-state index contributed by atoms with van der Waals surface area (Å²) >= 11 is 1.74. The van der Waals surface area contributed by atoms with Gasteiger partial charge >= 0.3 is 6.18 Å². The number of nitrogens with one attached hydrogen (secondary N) is 1. The summed E-state index contributed by atoms with van der Waals surface area (Å²) in [7, 11) is 0. The summed E-state index contributed by atoms with van der Waals surface area (Å²) in [4.78, 5) is 0. The van der Waals surface area contributed by atoms with Crippen molar-refractivity contribution < 1.29 is 23.0 Å². The lowest BCUT2D eigenvalue weighted by atomic mass is 10.0. The van der Waals surface area contributed by atoms with Crippen LogP contribution in [0.15, 0.2) is 24.3 Å². The van der Waals surface area contributed by atoms with Gasteiger partial charge in [0.1, 0.15) is 5.75 Å². The number of halogens is 3. The van der Waals surface area contributed by atoms with E-state index in [1.54, 1.807) is 23.9 Å². The van der Waals surface area contributed by atoms with Gasteiger partial charge in [-0.3, -0.25) is 0 Å². The standard InChI is InChI=1S/C14H18F3NO2S/c15-14(16,17)9-20-12-3-1-11(2-4-12)7-18-8-13(19)5-6-21-10-13/h1-4,18-19H,5-10H2. The van der Waals surface area contributed by atoms with Crippen LogP contribution in [0.2, 0.25) is 0 Å². The smallest absolute Gasteiger partial charge is 0.422 e. The van der Waals surface area contributed by atoms with Crippen LogP contribution in [0.1, 0.15) is 12.0 Å². The average Bonchev–Trinajstić information content (AvgIpc) is 2.84. The number of alkyl halides is 3. The van der Waals surface area contributed by atoms with E-state index in [1.807, 2.05) is 0 Å². The fourth-order valence-electron chi connectivity index (χ4n) is 2.04. The molecule has 1 atom stereocenters. The van der Waals surface area contributed by atoms with Crippen LogP contribution in [0.25, 0.3) is 0 Å². The van der Waals surface area contributed by atoms with Gasteiger partial charge in [-0.15, -0.1) is 0 Å². The molecular weight excluding hydrogens is 303 g/mol. The van der Waals surface area contributed by atoms with Gasteiger partial charge in [-0.1, -0.05) is 12.1 Å². The van der Waals surface area contributed by atoms with E-state index in [-0.39, 0.29) is 5.75 Å². The molecule has 1 saturated heterocycles. The highest BCUT2D eigenvalue weighted by atomic mass is 32.2. The molecule has 7 heteroatoms. The molecule has 0 bridgehead atoms. The first-order chi connectivity index (χ1) is 9.86. The van der Waals surface area contributed by atoms with Crippen LogP contribution in [0.4, 0.5) is 13.2 Å². The molecule has 21 heavy (non-hydrogen) atoms. The van der Waals surface area contributed by atoms with Gasteiger partial charge in [0.25, 0.3) is 0 Å². The molecule has 0 amide bonds. The van der Waals surface area contributed by atoms with Crippen molar-refractivity contribution in [2.24, 2.45) is 0 Å². The van der Waals surface area contributed by atoms with Crippen LogP contribution in [-0.2, 0) is 6.54 Å². The van der Waals surface area contributed by atoms with Crippen LogP contribution in [0.3, 0.4) is 0 Å². The highest BCUT2D eigenvalue weighted by molar-refractivity contribution is 7.99. The number of thioether (sulfide) groups is 1. The second kappa shape index (κ2) is 6.89. The topological polar surface area (TPSA) is 41.5 Å². The van der Waals surface area contributed by atoms with E-state index in [0.29, 0.717) is 13.1 Å². The van der Waals surface area contributed by atoms with E-state index in [1.165, 1.54) is 12.1 Å². The van der Waals surface area contributed by atoms with Crippen molar-refractivity contribution in [1.82, 2.24) is 5.32 Å². The van der Waals surface area contributed by atoms with Crippen LogP contribution >= 0.6 is 11.8 Å². The van der Waals surface area contributed by atoms with E-state index in [0.717, 1.165) is 23.5 Å². The molecule has 1 aromatic rings. The molecule has 0 aromatic heterocycles. The van der Waals surface area contributed by atoms with Gasteiger partial charge in [0.05, 0.1) is 5.60 Å². The molecule has 1 unspecified atom stereocenters. The Morgan fingerprint density at radius 3 is 2.57 bits per heavy atom. The van der Waals surface area contributed by atoms with Crippen molar-refractivity contribution in [2.45, 2.75) is 24.7 Å². The summed E-state index contributed by atoms with van der Waals surface area (Å²) < 4.78 is 40.7. The second-order valence-electron chi connectivity index (χ2n) is 5.18. The van der Waals surface area contributed by atoms with Crippen LogP contribution < -0.4 is 10.1 Å². The summed E-state index contributed by atoms with van der Waals surface area (Å²) in [6.45, 7) is -0.200. The zero-order valence-corrected chi connectivity index (χ0v) is 12.3. The molecule has 1 heterocycles. The van der Waals surface area contributed by atoms with Crippen molar-refractivity contribution in [1.29, 1.82) is 0 Å². The van der Waals surface area contributed by atoms with Crippen molar-refractivity contribution in [3.8, 4) is 5.75 Å². The number of aliphatic hydroxyl groups is 1. The van der Waals surface area contributed by atoms with Gasteiger partial charge in [-0.05, 0) is 29.9 Å². The summed E-state index contributed by atoms with van der Waals surface area (Å²) in [5.74, 6) is 1.91. The predicted octanol–water partition coefficient (Wildman–Crippen LogP) is 2.59. The van der Waals surface area contributed by atoms with Crippen LogP contribution in [0.5, 0.6) is 5.75 Å². The largest absolute Gasteiger partial charge is 0.484 e. The van der Waals surface area contributed by atoms with Gasteiger partial charge in [0, 0.05) is 18.8 Å². The molecule has 0 spiro atoms. The Labute approximate surface area is 125 Å². The molecule has 1 aliphatic rings. The Hall–Kier alpha value is -0.920. The fraction of sp³-hybridized carbons (Fsp3) is 0.571. The van der Waals surface area contributed by atoms with E-state index in [4.69, 9.17) is 0 Å². The molecule has 0 radical (unpaired) electrons. The quantitative estimate of drug-likeness (QED) is 0.845. The molecule has 0 saturated carbocycles. The normalized spacial score (nSPS) is 22.5. The zero-order chi connectivity index (χ0) is 15.3. The lowest BCUT2D eigenvalue weighted by Gasteiger charge is -2.21. The first-order valence-electron chi connectivity index (χ1n) is 6.66. The average molecular weight is 321 g/mol. The number of benzene rings is 1. The molecule has 3 nitrogen and oxygen atoms in total. The third kappa shape index (κ3) is 5.76. The van der Waals surface area contributed by atoms with E-state index in [2.05, 4.69) is 10.1 Å². The molecule has 1 aliphatic heterocycles. The maximum absolute atomic E-state index is 12.0. The summed E-state index contributed by atoms with van der Waals surface area (Å²) in [6.07, 6.45) is -3.54. The number of ether oxygens (including phenoxy) is 1. The van der Waals surface area contributed by atoms with Gasteiger partial charge in [-0.2, -0.15) is 24.9 Å². The Balaban J connectivity index is 1.74. The summed E-state index contributed by atoms with van der Waals surface area (Å²) in [6, 6.07) is 6.46. The highest BCUT2D eigenvalue weighted by Crippen LogP contribution is 2.27. The fourth-order valence-corrected chi connectivity index (χ4v) is 3.34. The molecule has 1 aromatic carbocycles. The third-order valence-electron chi connectivity index (χ3n) is 3.19. The lowest BCUT2D eigenvalue weighted by molar-refractivity contribution is -0.153. The first-order valence-corrected chi connectivity index (χ1v) is 7.81. The van der Waals surface area contributed by atoms with Gasteiger partial charge < -0.3 is 15.2 Å². The van der Waals surface area contributed by atoms with Gasteiger partial charge in [0.2, 0.25) is 0 Å². The molecular formula is C14H18F3NO2S. The Morgan fingerprint density at radius 2 is 2.00 bits per heavy atom. The minimum Gasteiger partial charge on any atom is -0.484 e. The Kier molecular flexibility index (Phi) is 5.40. The SMILES string of the molecule is OC1(CNCc2ccc(OCC(F)(F)F)cc2)CCSC1. The van der Waals surface area contributed by atoms with Gasteiger partial charge in [0.15, 0.2) is 6.61 Å². The van der Waals surface area contributed by atoms with Gasteiger partial charge in [-0.25, -0.2) is 0 Å². The first kappa shape index (κ1) is 16.5. The Bertz CT molecular complexity index is 445. The molecule has 1 fully saturated rings. The van der Waals surface area contributed by atoms with Crippen LogP contribution in [0, 0.1) is 0 Å². The maximum Gasteiger partial charge on any atom is 0.422 e. The van der Waals surface area contributed by atoms with E-state index in [9.17, 15) is 18.3 Å². The van der Waals surface area contributed by atoms with Crippen molar-refractivity contribution in [3.63, 3.8) is 0 Å². The number of rotatable bonds is 6. The van der Waals surface area contributed by atoms with Crippen LogP contribution in [-0.4, -0.2) is 41.5 Å². The third-order valence-corrected chi connectivity index (χ3v) is 4.43. The van der Waals surface area contributed by atoms with Crippen molar-refractivity contribution >= 4 is 11.8 Å². The summed E-state index contributed by atoms with van der Waals surface area (Å²) in [5, 5.41) is 13.3. The molecule has 2 rings (SSSR count). The minimum absolute atomic E-state index is 0.196. The molecule has 2 N–H and O–H groups in total. The minimum atomic E-state index is -4.32. The maximum atomic E-state index is 12.0. The predicted molar refractivity (Wildman–Crippen MR) is 76.6 cm³/mol. The highest BCUT2D eigenvalue weighted by Gasteiger charge is 2.31. The van der Waals surface area contributed by atoms with Crippen molar-refractivity contribution in [3.05, 3.63) is 29.8 Å². The van der Waals surface area contributed by atoms with E-state index >= 15 is 0 Å². The molecule has 118 valence electrons. The number of hydrogen-bond donors (Lipinski definition) is 2. The lowest BCUT2D eigenvalue weighted by Crippen LogP contribution is -2.40. The molecule has 0 aliphatic carbocycles. The summed E-state index contributed by atoms with van der Waals surface area (Å²) in [5.41, 5.74) is 0.295. The van der Waals surface area contributed by atoms with Crippen molar-refractivity contribution in [2.75, 3.05) is 24.7 Å². The second-order valence-corrected chi connectivity index (χ2v) is 6.28. The van der Waals surface area contributed by atoms with E-state index < -0.39 is 18.4 Å².